The van der Waals surface area contributed by atoms with Gasteiger partial charge in [-0.05, 0) is 72.5 Å². The molecule has 2 rings (SSSR count). The van der Waals surface area contributed by atoms with Crippen molar-refractivity contribution >= 4 is 38.5 Å². The third kappa shape index (κ3) is 3.74. The molecule has 0 heterocycles. The Morgan fingerprint density at radius 1 is 1.25 bits per heavy atom. The number of halogens is 2. The van der Waals surface area contributed by atoms with Crippen molar-refractivity contribution < 1.29 is 4.74 Å². The van der Waals surface area contributed by atoms with Crippen molar-refractivity contribution in [2.24, 2.45) is 0 Å². The molecule has 1 N–H and O–H groups in total. The summed E-state index contributed by atoms with van der Waals surface area (Å²) in [4.78, 5) is 0. The van der Waals surface area contributed by atoms with Gasteiger partial charge in [-0.2, -0.15) is 0 Å². The lowest BCUT2D eigenvalue weighted by Crippen LogP contribution is -2.19. The molecule has 2 aromatic rings. The fraction of sp³-hybridized carbons (Fsp3) is 0.250. The van der Waals surface area contributed by atoms with Crippen molar-refractivity contribution in [2.75, 3.05) is 13.7 Å². The van der Waals surface area contributed by atoms with E-state index >= 15 is 0 Å². The molecule has 20 heavy (non-hydrogen) atoms. The molecule has 0 saturated carbocycles. The van der Waals surface area contributed by atoms with E-state index in [4.69, 9.17) is 4.74 Å². The first-order valence-electron chi connectivity index (χ1n) is 6.50. The molecule has 0 bridgehead atoms. The summed E-state index contributed by atoms with van der Waals surface area (Å²) >= 11 is 5.89. The smallest absolute Gasteiger partial charge is 0.124 e. The van der Waals surface area contributed by atoms with E-state index in [9.17, 15) is 0 Å². The second kappa shape index (κ2) is 7.43. The van der Waals surface area contributed by atoms with Crippen LogP contribution in [0.5, 0.6) is 5.75 Å². The monoisotopic (exact) mass is 445 g/mol. The highest BCUT2D eigenvalue weighted by molar-refractivity contribution is 14.1. The molecule has 0 spiro atoms. The maximum Gasteiger partial charge on any atom is 0.124 e. The Morgan fingerprint density at radius 3 is 2.70 bits per heavy atom. The second-order valence-electron chi connectivity index (χ2n) is 4.39. The van der Waals surface area contributed by atoms with Crippen LogP contribution in [0, 0.1) is 3.57 Å². The summed E-state index contributed by atoms with van der Waals surface area (Å²) in [6, 6.07) is 14.8. The van der Waals surface area contributed by atoms with Crippen molar-refractivity contribution in [1.29, 1.82) is 0 Å². The van der Waals surface area contributed by atoms with Crippen LogP contribution in [0.4, 0.5) is 0 Å². The first-order valence-corrected chi connectivity index (χ1v) is 8.38. The predicted molar refractivity (Wildman–Crippen MR) is 95.4 cm³/mol. The molecule has 1 atom stereocenters. The van der Waals surface area contributed by atoms with Crippen molar-refractivity contribution in [3.63, 3.8) is 0 Å². The number of rotatable bonds is 5. The lowest BCUT2D eigenvalue weighted by Gasteiger charge is -2.21. The molecule has 0 radical (unpaired) electrons. The molecule has 2 nitrogen and oxygen atoms in total. The van der Waals surface area contributed by atoms with Crippen LogP contribution in [-0.4, -0.2) is 13.7 Å². The van der Waals surface area contributed by atoms with Gasteiger partial charge < -0.3 is 10.1 Å². The Morgan fingerprint density at radius 2 is 2.05 bits per heavy atom. The Bertz CT molecular complexity index is 588. The lowest BCUT2D eigenvalue weighted by molar-refractivity contribution is 0.334. The van der Waals surface area contributed by atoms with Crippen molar-refractivity contribution in [1.82, 2.24) is 5.32 Å². The predicted octanol–water partition coefficient (Wildman–Crippen LogP) is 4.76. The van der Waals surface area contributed by atoms with Gasteiger partial charge in [0.2, 0.25) is 0 Å². The third-order valence-corrected chi connectivity index (χ3v) is 4.22. The highest BCUT2D eigenvalue weighted by atomic mass is 127. The van der Waals surface area contributed by atoms with E-state index in [0.717, 1.165) is 15.8 Å². The van der Waals surface area contributed by atoms with Gasteiger partial charge in [0.1, 0.15) is 5.75 Å². The van der Waals surface area contributed by atoms with Gasteiger partial charge in [0, 0.05) is 13.6 Å². The topological polar surface area (TPSA) is 21.3 Å². The second-order valence-corrected chi connectivity index (χ2v) is 6.55. The summed E-state index contributed by atoms with van der Waals surface area (Å²) in [6.45, 7) is 2.67. The third-order valence-electron chi connectivity index (χ3n) is 3.05. The average Bonchev–Trinajstić information content (AvgIpc) is 2.43. The Balaban J connectivity index is 2.48. The zero-order valence-corrected chi connectivity index (χ0v) is 15.2. The van der Waals surface area contributed by atoms with Crippen LogP contribution in [0.1, 0.15) is 24.1 Å². The van der Waals surface area contributed by atoms with Crippen molar-refractivity contribution in [2.45, 2.75) is 13.0 Å². The molecule has 2 aromatic carbocycles. The summed E-state index contributed by atoms with van der Waals surface area (Å²) in [5.74, 6) is 0.925. The van der Waals surface area contributed by atoms with Gasteiger partial charge in [0.15, 0.2) is 0 Å². The standard InChI is InChI=1S/C16H17BrINO/c1-3-20-15-8-7-12(17)10-14(15)16(19-2)11-5-4-6-13(18)9-11/h4-10,16,19H,3H2,1-2H3. The SMILES string of the molecule is CCOc1ccc(Br)cc1C(NC)c1cccc(I)c1. The van der Waals surface area contributed by atoms with Crippen LogP contribution in [-0.2, 0) is 0 Å². The molecular formula is C16H17BrINO. The lowest BCUT2D eigenvalue weighted by atomic mass is 9.98. The van der Waals surface area contributed by atoms with Gasteiger partial charge in [-0.1, -0.05) is 28.1 Å². The van der Waals surface area contributed by atoms with Crippen LogP contribution in [0.15, 0.2) is 46.9 Å². The molecule has 4 heteroatoms. The van der Waals surface area contributed by atoms with Gasteiger partial charge in [-0.15, -0.1) is 0 Å². The van der Waals surface area contributed by atoms with Gasteiger partial charge in [0.25, 0.3) is 0 Å². The Hall–Kier alpha value is -0.590. The maximum atomic E-state index is 5.76. The van der Waals surface area contributed by atoms with Crippen LogP contribution < -0.4 is 10.1 Å². The van der Waals surface area contributed by atoms with Gasteiger partial charge >= 0.3 is 0 Å². The molecule has 0 fully saturated rings. The maximum absolute atomic E-state index is 5.76. The molecule has 106 valence electrons. The van der Waals surface area contributed by atoms with E-state index < -0.39 is 0 Å². The Labute approximate surface area is 142 Å². The number of ether oxygens (including phenoxy) is 1. The summed E-state index contributed by atoms with van der Waals surface area (Å²) in [5.41, 5.74) is 2.38. The normalized spacial score (nSPS) is 12.2. The van der Waals surface area contributed by atoms with E-state index in [1.165, 1.54) is 9.13 Å². The fourth-order valence-electron chi connectivity index (χ4n) is 2.22. The summed E-state index contributed by atoms with van der Waals surface area (Å²) < 4.78 is 8.05. The zero-order chi connectivity index (χ0) is 14.5. The molecule has 0 saturated heterocycles. The minimum Gasteiger partial charge on any atom is -0.494 e. The Kier molecular flexibility index (Phi) is 5.86. The first-order chi connectivity index (χ1) is 9.65. The minimum atomic E-state index is 0.115. The number of hydrogen-bond acceptors (Lipinski definition) is 2. The van der Waals surface area contributed by atoms with E-state index in [1.54, 1.807) is 0 Å². The molecule has 1 unspecified atom stereocenters. The summed E-state index contributed by atoms with van der Waals surface area (Å²) in [6.07, 6.45) is 0. The van der Waals surface area contributed by atoms with Crippen molar-refractivity contribution in [3.05, 3.63) is 61.6 Å². The molecule has 0 aliphatic heterocycles. The average molecular weight is 446 g/mol. The molecule has 0 aliphatic rings. The quantitative estimate of drug-likeness (QED) is 0.670. The van der Waals surface area contributed by atoms with Crippen LogP contribution in [0.2, 0.25) is 0 Å². The van der Waals surface area contributed by atoms with Crippen molar-refractivity contribution in [3.8, 4) is 5.75 Å². The zero-order valence-electron chi connectivity index (χ0n) is 11.5. The molecular weight excluding hydrogens is 429 g/mol. The molecule has 0 amide bonds. The van der Waals surface area contributed by atoms with Crippen LogP contribution in [0.3, 0.4) is 0 Å². The van der Waals surface area contributed by atoms with Gasteiger partial charge in [0.05, 0.1) is 12.6 Å². The van der Waals surface area contributed by atoms with E-state index in [1.807, 2.05) is 26.1 Å². The fourth-order valence-corrected chi connectivity index (χ4v) is 3.17. The van der Waals surface area contributed by atoms with E-state index in [-0.39, 0.29) is 6.04 Å². The number of nitrogens with one attached hydrogen (secondary N) is 1. The summed E-state index contributed by atoms with van der Waals surface area (Å²) in [5, 5.41) is 3.38. The molecule has 0 aromatic heterocycles. The highest BCUT2D eigenvalue weighted by Gasteiger charge is 2.17. The van der Waals surface area contributed by atoms with Gasteiger partial charge in [-0.3, -0.25) is 0 Å². The van der Waals surface area contributed by atoms with E-state index in [0.29, 0.717) is 6.61 Å². The van der Waals surface area contributed by atoms with Crippen LogP contribution in [0.25, 0.3) is 0 Å². The minimum absolute atomic E-state index is 0.115. The number of hydrogen-bond donors (Lipinski definition) is 1. The van der Waals surface area contributed by atoms with Gasteiger partial charge in [-0.25, -0.2) is 0 Å². The highest BCUT2D eigenvalue weighted by Crippen LogP contribution is 2.32. The summed E-state index contributed by atoms with van der Waals surface area (Å²) in [7, 11) is 1.97. The number of benzene rings is 2. The van der Waals surface area contributed by atoms with Crippen LogP contribution >= 0.6 is 38.5 Å². The van der Waals surface area contributed by atoms with E-state index in [2.05, 4.69) is 74.2 Å². The first kappa shape index (κ1) is 15.8. The largest absolute Gasteiger partial charge is 0.494 e. The molecule has 0 aliphatic carbocycles.